The number of nitrogens with zero attached hydrogens (tertiary/aromatic N) is 7. The monoisotopic (exact) mass is 1070 g/mol. The number of fused-ring (bicyclic) bond motifs is 1. The molecule has 14 nitrogen and oxygen atoms in total. The molecule has 4 aromatic rings. The SMILES string of the molecule is C=CC=C.CC.CC.CN1CCN(C(=O)CN2CCC(CN3CCN(C(=O)C(NC(=O)c4cccc(C5CCCB(C#N)C5)c4)C4CCCCC4)CC3)CC2)CC1.O=Cc1cc(Cc2n[nH]c(=O)c3ccccc23)ccc1F. The van der Waals surface area contributed by atoms with Crippen LogP contribution < -0.4 is 10.9 Å². The molecule has 5 fully saturated rings. The zero-order valence-corrected chi connectivity index (χ0v) is 47.4. The normalized spacial score (nSPS) is 18.8. The minimum absolute atomic E-state index is 0.0150. The Bertz CT molecular complexity index is 2640. The van der Waals surface area contributed by atoms with Gasteiger partial charge in [-0.1, -0.05) is 128 Å². The number of allylic oxidation sites excluding steroid dienone is 2. The van der Waals surface area contributed by atoms with Crippen LogP contribution in [0.25, 0.3) is 10.8 Å². The van der Waals surface area contributed by atoms with Gasteiger partial charge in [0, 0.05) is 82.2 Å². The number of hydrogen-bond acceptors (Lipinski definition) is 10. The highest BCUT2D eigenvalue weighted by Crippen LogP contribution is 2.34. The van der Waals surface area contributed by atoms with Gasteiger partial charge < -0.3 is 20.0 Å². The molecule has 4 saturated heterocycles. The van der Waals surface area contributed by atoms with E-state index in [9.17, 15) is 33.6 Å². The molecule has 1 aromatic heterocycles. The molecule has 0 bridgehead atoms. The van der Waals surface area contributed by atoms with Gasteiger partial charge in [-0.2, -0.15) is 5.10 Å². The van der Waals surface area contributed by atoms with Crippen LogP contribution in [0, 0.1) is 28.9 Å². The first-order valence-electron chi connectivity index (χ1n) is 28.9. The van der Waals surface area contributed by atoms with Crippen LogP contribution in [0.15, 0.2) is 96.8 Å². The smallest absolute Gasteiger partial charge is 0.272 e. The van der Waals surface area contributed by atoms with E-state index < -0.39 is 11.9 Å². The molecular weight excluding hydrogens is 981 g/mol. The molecule has 3 aromatic carbocycles. The van der Waals surface area contributed by atoms with Crippen molar-refractivity contribution in [3.63, 3.8) is 0 Å². The number of amides is 3. The number of nitrogens with one attached hydrogen (secondary N) is 2. The molecule has 4 aliphatic heterocycles. The molecule has 5 aliphatic rings. The summed E-state index contributed by atoms with van der Waals surface area (Å²) in [5.74, 6) is 3.21. The van der Waals surface area contributed by atoms with Crippen molar-refractivity contribution < 1.29 is 23.6 Å². The lowest BCUT2D eigenvalue weighted by Gasteiger charge is -2.41. The number of likely N-dealkylation sites (N-methyl/N-ethyl adjacent to an activating group) is 1. The molecule has 2 N–H and O–H groups in total. The van der Waals surface area contributed by atoms with E-state index in [0.29, 0.717) is 60.8 Å². The minimum Gasteiger partial charge on any atom is -0.340 e. The van der Waals surface area contributed by atoms with E-state index in [1.165, 1.54) is 18.6 Å². The zero-order valence-electron chi connectivity index (χ0n) is 47.4. The fourth-order valence-electron chi connectivity index (χ4n) is 11.3. The van der Waals surface area contributed by atoms with Gasteiger partial charge >= 0.3 is 0 Å². The molecular formula is C62H87BFN9O5. The Hall–Kier alpha value is -6.28. The summed E-state index contributed by atoms with van der Waals surface area (Å²) in [6, 6.07) is 18.9. The van der Waals surface area contributed by atoms with E-state index >= 15 is 0 Å². The minimum atomic E-state index is -0.548. The van der Waals surface area contributed by atoms with Crippen molar-refractivity contribution >= 4 is 41.5 Å². The number of hydrogen-bond donors (Lipinski definition) is 2. The largest absolute Gasteiger partial charge is 0.340 e. The first-order valence-corrected chi connectivity index (χ1v) is 28.9. The number of aldehydes is 1. The van der Waals surface area contributed by atoms with Crippen LogP contribution >= 0.6 is 0 Å². The maximum atomic E-state index is 14.1. The zero-order chi connectivity index (χ0) is 56.4. The second-order valence-corrected chi connectivity index (χ2v) is 20.9. The number of piperidine rings is 1. The second-order valence-electron chi connectivity index (χ2n) is 20.9. The number of aromatic amines is 1. The molecule has 2 atom stereocenters. The van der Waals surface area contributed by atoms with Crippen LogP contribution in [-0.2, 0) is 16.0 Å². The molecule has 3 amide bonds. The van der Waals surface area contributed by atoms with Crippen LogP contribution in [0.1, 0.15) is 129 Å². The Morgan fingerprint density at radius 1 is 0.808 bits per heavy atom. The average molecular weight is 1070 g/mol. The fraction of sp³-hybridized carbons (Fsp3) is 0.532. The molecule has 0 radical (unpaired) electrons. The van der Waals surface area contributed by atoms with Crippen LogP contribution in [0.4, 0.5) is 4.39 Å². The van der Waals surface area contributed by atoms with Crippen molar-refractivity contribution in [3.05, 3.63) is 136 Å². The summed E-state index contributed by atoms with van der Waals surface area (Å²) in [6.45, 7) is 25.1. The van der Waals surface area contributed by atoms with Gasteiger partial charge in [0.2, 0.25) is 11.8 Å². The highest BCUT2D eigenvalue weighted by Gasteiger charge is 2.36. The van der Waals surface area contributed by atoms with E-state index in [2.05, 4.69) is 62.5 Å². The molecule has 0 spiro atoms. The second kappa shape index (κ2) is 33.2. The number of nitriles is 1. The van der Waals surface area contributed by atoms with Gasteiger partial charge in [0.25, 0.3) is 18.2 Å². The summed E-state index contributed by atoms with van der Waals surface area (Å²) in [7, 11) is 2.12. The topological polar surface area (TPSA) is 166 Å². The highest BCUT2D eigenvalue weighted by molar-refractivity contribution is 6.67. The molecule has 78 heavy (non-hydrogen) atoms. The van der Waals surface area contributed by atoms with E-state index in [1.807, 2.05) is 67.8 Å². The Kier molecular flexibility index (Phi) is 26.7. The van der Waals surface area contributed by atoms with E-state index in [4.69, 9.17) is 0 Å². The van der Waals surface area contributed by atoms with E-state index in [1.54, 1.807) is 30.4 Å². The van der Waals surface area contributed by atoms with Crippen molar-refractivity contribution in [2.45, 2.75) is 117 Å². The third kappa shape index (κ3) is 18.4. The van der Waals surface area contributed by atoms with Gasteiger partial charge in [-0.3, -0.25) is 33.8 Å². The van der Waals surface area contributed by atoms with Gasteiger partial charge in [0.1, 0.15) is 11.9 Å². The van der Waals surface area contributed by atoms with Crippen LogP contribution in [0.3, 0.4) is 0 Å². The van der Waals surface area contributed by atoms with Gasteiger partial charge in [0.15, 0.2) is 6.29 Å². The van der Waals surface area contributed by atoms with Gasteiger partial charge in [-0.25, -0.2) is 14.8 Å². The quantitative estimate of drug-likeness (QED) is 0.0749. The molecule has 2 unspecified atom stereocenters. The van der Waals surface area contributed by atoms with Crippen molar-refractivity contribution in [1.29, 1.82) is 5.26 Å². The summed E-state index contributed by atoms with van der Waals surface area (Å²) in [5, 5.41) is 20.5. The average Bonchev–Trinajstić information content (AvgIpc) is 3.51. The number of benzene rings is 3. The Morgan fingerprint density at radius 3 is 2.13 bits per heavy atom. The number of aromatic nitrogens is 2. The number of carbonyl (C=O) groups is 4. The maximum Gasteiger partial charge on any atom is 0.272 e. The Labute approximate surface area is 464 Å². The lowest BCUT2D eigenvalue weighted by Crippen LogP contribution is -2.57. The number of likely N-dealkylation sites (tertiary alicyclic amines) is 1. The van der Waals surface area contributed by atoms with Crippen molar-refractivity contribution in [2.24, 2.45) is 11.8 Å². The molecule has 16 heteroatoms. The first kappa shape index (κ1) is 62.6. The van der Waals surface area contributed by atoms with Crippen molar-refractivity contribution in [3.8, 4) is 5.97 Å². The number of carbonyl (C=O) groups excluding carboxylic acids is 4. The van der Waals surface area contributed by atoms with Crippen molar-refractivity contribution in [2.75, 3.05) is 85.6 Å². The summed E-state index contributed by atoms with van der Waals surface area (Å²) in [4.78, 5) is 74.3. The van der Waals surface area contributed by atoms with Crippen LogP contribution in [0.5, 0.6) is 0 Å². The number of piperazine rings is 2. The predicted molar refractivity (Wildman–Crippen MR) is 314 cm³/mol. The summed E-state index contributed by atoms with van der Waals surface area (Å²) >= 11 is 0. The van der Waals surface area contributed by atoms with Crippen LogP contribution in [0.2, 0.25) is 12.6 Å². The third-order valence-corrected chi connectivity index (χ3v) is 15.8. The van der Waals surface area contributed by atoms with Crippen LogP contribution in [-0.4, -0.2) is 157 Å². The van der Waals surface area contributed by atoms with Gasteiger partial charge in [0.05, 0.1) is 23.2 Å². The number of halogens is 1. The first-order chi connectivity index (χ1) is 38.0. The molecule has 1 aliphatic carbocycles. The van der Waals surface area contributed by atoms with Crippen molar-refractivity contribution in [1.82, 2.24) is 40.0 Å². The molecule has 5 heterocycles. The maximum absolute atomic E-state index is 14.1. The van der Waals surface area contributed by atoms with E-state index in [-0.39, 0.29) is 41.5 Å². The Balaban J connectivity index is 0.000000319. The number of H-pyrrole nitrogens is 1. The summed E-state index contributed by atoms with van der Waals surface area (Å²) in [6.07, 6.45) is 15.7. The van der Waals surface area contributed by atoms with Gasteiger partial charge in [-0.05, 0) is 111 Å². The molecule has 1 saturated carbocycles. The number of rotatable bonds is 13. The van der Waals surface area contributed by atoms with E-state index in [0.717, 1.165) is 139 Å². The lowest BCUT2D eigenvalue weighted by molar-refractivity contribution is -0.137. The standard InChI is InChI=1S/C38H58BN7O3.C16H11FN2O2.C4H6.2C2H6/c1-42-17-21-45(22-18-42)35(47)28-43-15-12-30(13-16-43)27-44-19-23-46(24-20-44)38(49)36(31-7-3-2-4-8-31)41-37(48)33-10-5-9-32(25-33)34-11-6-14-39(26-34)29-40;17-14-6-5-10(7-11(14)9-20)8-15-12-3-1-2-4-13(12)16(21)19-18-15;1-3-4-2;2*1-2/h5,9-10,25,30-31,34,36H,2-4,6-8,11-24,26-28H2,1H3,(H,41,48);1-7,9H,8H2,(H,19,21);3-4H,1-2H2;2*1-2H3. The molecule has 9 rings (SSSR count). The Morgan fingerprint density at radius 2 is 1.47 bits per heavy atom. The summed E-state index contributed by atoms with van der Waals surface area (Å²) in [5.41, 5.74) is 2.94. The summed E-state index contributed by atoms with van der Waals surface area (Å²) < 4.78 is 13.3. The van der Waals surface area contributed by atoms with Gasteiger partial charge in [-0.15, -0.1) is 0 Å². The fourth-order valence-corrected chi connectivity index (χ4v) is 11.3. The highest BCUT2D eigenvalue weighted by atomic mass is 19.1. The third-order valence-electron chi connectivity index (χ3n) is 15.8. The lowest BCUT2D eigenvalue weighted by atomic mass is 9.40. The molecule has 420 valence electrons. The predicted octanol–water partition coefficient (Wildman–Crippen LogP) is 9.31.